The molecule has 0 fully saturated rings. The second kappa shape index (κ2) is 12.7. The number of anilines is 1. The molecule has 35 heavy (non-hydrogen) atoms. The third kappa shape index (κ3) is 6.99. The molecule has 178 valence electrons. The van der Waals surface area contributed by atoms with Gasteiger partial charge in [-0.3, -0.25) is 4.79 Å². The molecule has 3 aromatic carbocycles. The summed E-state index contributed by atoms with van der Waals surface area (Å²) in [6.07, 6.45) is 3.82. The van der Waals surface area contributed by atoms with Gasteiger partial charge in [0.25, 0.3) is 5.91 Å². The van der Waals surface area contributed by atoms with Gasteiger partial charge < -0.3 is 19.5 Å². The first kappa shape index (κ1) is 25.1. The maximum Gasteiger partial charge on any atom is 0.266 e. The van der Waals surface area contributed by atoms with Gasteiger partial charge >= 0.3 is 0 Å². The summed E-state index contributed by atoms with van der Waals surface area (Å²) < 4.78 is 17.1. The highest BCUT2D eigenvalue weighted by Gasteiger charge is 2.15. The Morgan fingerprint density at radius 2 is 1.83 bits per heavy atom. The molecular weight excluding hydrogens is 440 g/mol. The summed E-state index contributed by atoms with van der Waals surface area (Å²) in [5.41, 5.74) is 3.04. The number of ether oxygens (including phenoxy) is 3. The van der Waals surface area contributed by atoms with E-state index >= 15 is 0 Å². The van der Waals surface area contributed by atoms with Crippen LogP contribution in [-0.2, 0) is 17.8 Å². The van der Waals surface area contributed by atoms with E-state index in [-0.39, 0.29) is 5.57 Å². The van der Waals surface area contributed by atoms with Crippen LogP contribution in [0.1, 0.15) is 23.6 Å². The number of nitrogens with one attached hydrogen (secondary N) is 1. The molecule has 1 amide bonds. The average molecular weight is 469 g/mol. The summed E-state index contributed by atoms with van der Waals surface area (Å²) in [7, 11) is 1.56. The minimum absolute atomic E-state index is 0.0385. The van der Waals surface area contributed by atoms with Gasteiger partial charge in [-0.1, -0.05) is 36.4 Å². The fraction of sp³-hybridized carbons (Fsp3) is 0.172. The Hall–Kier alpha value is -4.50. The van der Waals surface area contributed by atoms with Crippen molar-refractivity contribution < 1.29 is 19.0 Å². The van der Waals surface area contributed by atoms with E-state index in [0.717, 1.165) is 11.1 Å². The Balaban J connectivity index is 1.85. The molecule has 0 spiro atoms. The van der Waals surface area contributed by atoms with E-state index in [2.05, 4.69) is 11.9 Å². The van der Waals surface area contributed by atoms with Crippen LogP contribution in [0, 0.1) is 11.3 Å². The minimum Gasteiger partial charge on any atom is -0.494 e. The predicted octanol–water partition coefficient (Wildman–Crippen LogP) is 5.95. The molecule has 1 N–H and O–H groups in total. The highest BCUT2D eigenvalue weighted by atomic mass is 16.5. The van der Waals surface area contributed by atoms with Crippen LogP contribution in [0.4, 0.5) is 5.69 Å². The molecule has 0 bridgehead atoms. The van der Waals surface area contributed by atoms with Crippen molar-refractivity contribution in [3.8, 4) is 23.3 Å². The van der Waals surface area contributed by atoms with Crippen LogP contribution in [0.25, 0.3) is 6.08 Å². The largest absolute Gasteiger partial charge is 0.494 e. The normalized spacial score (nSPS) is 10.7. The average Bonchev–Trinajstić information content (AvgIpc) is 2.88. The topological polar surface area (TPSA) is 80.6 Å². The van der Waals surface area contributed by atoms with Crippen molar-refractivity contribution in [1.82, 2.24) is 0 Å². The van der Waals surface area contributed by atoms with Crippen LogP contribution in [0.3, 0.4) is 0 Å². The van der Waals surface area contributed by atoms with E-state index in [9.17, 15) is 10.1 Å². The highest BCUT2D eigenvalue weighted by molar-refractivity contribution is 6.09. The molecule has 0 aliphatic carbocycles. The number of nitriles is 1. The summed E-state index contributed by atoms with van der Waals surface area (Å²) in [4.78, 5) is 12.7. The quantitative estimate of drug-likeness (QED) is 0.214. The SMILES string of the molecule is C=CCc1cc(/C=C(/C#N)C(=O)Nc2ccc(OCC)cc2)cc(OC)c1OCc1ccccc1. The summed E-state index contributed by atoms with van der Waals surface area (Å²) in [5.74, 6) is 1.31. The van der Waals surface area contributed by atoms with E-state index in [1.165, 1.54) is 6.08 Å². The number of amides is 1. The van der Waals surface area contributed by atoms with E-state index in [0.29, 0.717) is 48.1 Å². The lowest BCUT2D eigenvalue weighted by atomic mass is 10.0. The Morgan fingerprint density at radius 3 is 2.46 bits per heavy atom. The molecule has 0 heterocycles. The number of methoxy groups -OCH3 is 1. The van der Waals surface area contributed by atoms with E-state index in [1.54, 1.807) is 43.5 Å². The third-order valence-corrected chi connectivity index (χ3v) is 5.06. The van der Waals surface area contributed by atoms with Gasteiger partial charge in [0.1, 0.15) is 24.0 Å². The molecule has 0 aromatic heterocycles. The van der Waals surface area contributed by atoms with Crippen LogP contribution in [0.5, 0.6) is 17.2 Å². The first-order chi connectivity index (χ1) is 17.1. The molecule has 0 atom stereocenters. The lowest BCUT2D eigenvalue weighted by Gasteiger charge is -2.16. The van der Waals surface area contributed by atoms with Gasteiger partial charge in [0.2, 0.25) is 0 Å². The number of hydrogen-bond donors (Lipinski definition) is 1. The van der Waals surface area contributed by atoms with Crippen molar-refractivity contribution in [1.29, 1.82) is 5.26 Å². The van der Waals surface area contributed by atoms with Gasteiger partial charge in [0.15, 0.2) is 11.5 Å². The van der Waals surface area contributed by atoms with Crippen molar-refractivity contribution in [2.75, 3.05) is 19.0 Å². The first-order valence-electron chi connectivity index (χ1n) is 11.2. The Labute approximate surface area is 206 Å². The van der Waals surface area contributed by atoms with Gasteiger partial charge in [0.05, 0.1) is 13.7 Å². The summed E-state index contributed by atoms with van der Waals surface area (Å²) in [6, 6.07) is 22.4. The third-order valence-electron chi connectivity index (χ3n) is 5.06. The molecule has 3 aromatic rings. The molecule has 0 aliphatic heterocycles. The Bertz CT molecular complexity index is 1230. The van der Waals surface area contributed by atoms with Crippen molar-refractivity contribution in [2.45, 2.75) is 20.0 Å². The second-order valence-electron chi connectivity index (χ2n) is 7.56. The number of carbonyl (C=O) groups excluding carboxylic acids is 1. The lowest BCUT2D eigenvalue weighted by molar-refractivity contribution is -0.112. The molecule has 0 saturated heterocycles. The molecular formula is C29H28N2O4. The van der Waals surface area contributed by atoms with E-state index < -0.39 is 5.91 Å². The Kier molecular flexibility index (Phi) is 9.09. The van der Waals surface area contributed by atoms with Crippen molar-refractivity contribution >= 4 is 17.7 Å². The monoisotopic (exact) mass is 468 g/mol. The van der Waals surface area contributed by atoms with Crippen molar-refractivity contribution in [3.05, 3.63) is 102 Å². The number of allylic oxidation sites excluding steroid dienone is 1. The second-order valence-corrected chi connectivity index (χ2v) is 7.56. The molecule has 6 nitrogen and oxygen atoms in total. The number of nitrogens with zero attached hydrogens (tertiary/aromatic N) is 1. The zero-order chi connectivity index (χ0) is 25.0. The zero-order valence-electron chi connectivity index (χ0n) is 19.9. The fourth-order valence-electron chi connectivity index (χ4n) is 3.43. The predicted molar refractivity (Wildman–Crippen MR) is 137 cm³/mol. The molecule has 3 rings (SSSR count). The number of rotatable bonds is 11. The van der Waals surface area contributed by atoms with Crippen LogP contribution < -0.4 is 19.5 Å². The van der Waals surface area contributed by atoms with Gasteiger partial charge in [-0.2, -0.15) is 5.26 Å². The number of carbonyl (C=O) groups is 1. The summed E-state index contributed by atoms with van der Waals surface area (Å²) >= 11 is 0. The van der Waals surface area contributed by atoms with Crippen molar-refractivity contribution in [3.63, 3.8) is 0 Å². The molecule has 0 aliphatic rings. The minimum atomic E-state index is -0.509. The van der Waals surface area contributed by atoms with Crippen LogP contribution in [-0.4, -0.2) is 19.6 Å². The maximum absolute atomic E-state index is 12.7. The van der Waals surface area contributed by atoms with Gasteiger partial charge in [-0.25, -0.2) is 0 Å². The fourth-order valence-corrected chi connectivity index (χ4v) is 3.43. The van der Waals surface area contributed by atoms with E-state index in [1.807, 2.05) is 49.4 Å². The molecule has 0 radical (unpaired) electrons. The maximum atomic E-state index is 12.7. The Morgan fingerprint density at radius 1 is 1.09 bits per heavy atom. The number of hydrogen-bond acceptors (Lipinski definition) is 5. The molecule has 0 saturated carbocycles. The van der Waals surface area contributed by atoms with E-state index in [4.69, 9.17) is 14.2 Å². The van der Waals surface area contributed by atoms with Crippen LogP contribution in [0.15, 0.2) is 85.0 Å². The van der Waals surface area contributed by atoms with Gasteiger partial charge in [0, 0.05) is 11.3 Å². The molecule has 6 heteroatoms. The van der Waals surface area contributed by atoms with Gasteiger partial charge in [-0.05, 0) is 66.9 Å². The summed E-state index contributed by atoms with van der Waals surface area (Å²) in [5, 5.41) is 12.4. The lowest BCUT2D eigenvalue weighted by Crippen LogP contribution is -2.13. The standard InChI is InChI=1S/C29H28N2O4/c1-4-9-23-16-22(18-27(33-3)28(23)35-20-21-10-7-6-8-11-21)17-24(19-30)29(32)31-25-12-14-26(15-13-25)34-5-2/h4,6-8,10-18H,1,5,9,20H2,2-3H3,(H,31,32)/b24-17-. The van der Waals surface area contributed by atoms with Crippen LogP contribution in [0.2, 0.25) is 0 Å². The zero-order valence-corrected chi connectivity index (χ0v) is 19.9. The molecule has 0 unspecified atom stereocenters. The van der Waals surface area contributed by atoms with Crippen LogP contribution >= 0.6 is 0 Å². The first-order valence-corrected chi connectivity index (χ1v) is 11.2. The highest BCUT2D eigenvalue weighted by Crippen LogP contribution is 2.35. The van der Waals surface area contributed by atoms with Gasteiger partial charge in [-0.15, -0.1) is 6.58 Å². The summed E-state index contributed by atoms with van der Waals surface area (Å²) in [6.45, 7) is 6.67. The smallest absolute Gasteiger partial charge is 0.266 e. The number of benzene rings is 3. The van der Waals surface area contributed by atoms with Crippen molar-refractivity contribution in [2.24, 2.45) is 0 Å².